The second kappa shape index (κ2) is 8.84. The van der Waals surface area contributed by atoms with Crippen LogP contribution in [0.4, 0.5) is 13.2 Å². The highest BCUT2D eigenvalue weighted by atomic mass is 32.2. The number of alkyl halides is 3. The van der Waals surface area contributed by atoms with Crippen LogP contribution in [-0.2, 0) is 26.9 Å². The lowest BCUT2D eigenvalue weighted by molar-refractivity contribution is -0.137. The van der Waals surface area contributed by atoms with Gasteiger partial charge in [0.25, 0.3) is 10.1 Å². The lowest BCUT2D eigenvalue weighted by Crippen LogP contribution is -2.09. The summed E-state index contributed by atoms with van der Waals surface area (Å²) in [5.74, 6) is 0.354. The van der Waals surface area contributed by atoms with Crippen molar-refractivity contribution < 1.29 is 25.8 Å². The van der Waals surface area contributed by atoms with Crippen LogP contribution in [0.15, 0.2) is 53.4 Å². The summed E-state index contributed by atoms with van der Waals surface area (Å²) in [4.78, 5) is 0.0774. The molecule has 158 valence electrons. The van der Waals surface area contributed by atoms with E-state index in [9.17, 15) is 21.6 Å². The summed E-state index contributed by atoms with van der Waals surface area (Å²) in [5, 5.41) is 15.5. The third-order valence-electron chi connectivity index (χ3n) is 4.08. The summed E-state index contributed by atoms with van der Waals surface area (Å²) in [6.07, 6.45) is -3.83. The van der Waals surface area contributed by atoms with E-state index < -0.39 is 21.9 Å². The van der Waals surface area contributed by atoms with E-state index in [-0.39, 0.29) is 29.6 Å². The minimum absolute atomic E-state index is 0.0692. The SMILES string of the molecule is Cc1ccc(S(=O)(=O)OCCCc2nnc(-c3ccc(C(F)(F)F)cc3)nn2)cc1. The molecule has 0 unspecified atom stereocenters. The molecule has 7 nitrogen and oxygen atoms in total. The molecule has 0 atom stereocenters. The monoisotopic (exact) mass is 438 g/mol. The van der Waals surface area contributed by atoms with Gasteiger partial charge < -0.3 is 0 Å². The van der Waals surface area contributed by atoms with Crippen molar-refractivity contribution >= 4 is 10.1 Å². The zero-order valence-corrected chi connectivity index (χ0v) is 16.6. The summed E-state index contributed by atoms with van der Waals surface area (Å²) in [5.41, 5.74) is 0.511. The summed E-state index contributed by atoms with van der Waals surface area (Å²) >= 11 is 0. The molecule has 0 spiro atoms. The summed E-state index contributed by atoms with van der Waals surface area (Å²) < 4.78 is 67.0. The maximum absolute atomic E-state index is 12.6. The largest absolute Gasteiger partial charge is 0.416 e. The second-order valence-corrected chi connectivity index (χ2v) is 8.02. The fraction of sp³-hybridized carbons (Fsp3) is 0.263. The Bertz CT molecular complexity index is 1090. The van der Waals surface area contributed by atoms with Crippen LogP contribution in [0.1, 0.15) is 23.4 Å². The molecule has 0 fully saturated rings. The molecule has 1 aromatic heterocycles. The summed E-state index contributed by atoms with van der Waals surface area (Å²) in [6.45, 7) is 1.78. The molecule has 30 heavy (non-hydrogen) atoms. The first kappa shape index (κ1) is 21.8. The minimum Gasteiger partial charge on any atom is -0.266 e. The van der Waals surface area contributed by atoms with Crippen molar-refractivity contribution in [2.75, 3.05) is 6.61 Å². The van der Waals surface area contributed by atoms with Crippen LogP contribution in [0.5, 0.6) is 0 Å². The molecule has 0 amide bonds. The van der Waals surface area contributed by atoms with E-state index >= 15 is 0 Å². The Morgan fingerprint density at radius 3 is 2.07 bits per heavy atom. The van der Waals surface area contributed by atoms with Crippen LogP contribution >= 0.6 is 0 Å². The predicted molar refractivity (Wildman–Crippen MR) is 101 cm³/mol. The average molecular weight is 438 g/mol. The molecule has 0 bridgehead atoms. The minimum atomic E-state index is -4.42. The van der Waals surface area contributed by atoms with Crippen molar-refractivity contribution in [3.63, 3.8) is 0 Å². The third-order valence-corrected chi connectivity index (χ3v) is 5.41. The van der Waals surface area contributed by atoms with Crippen LogP contribution in [0.25, 0.3) is 11.4 Å². The third kappa shape index (κ3) is 5.57. The number of rotatable bonds is 7. The molecule has 11 heteroatoms. The maximum Gasteiger partial charge on any atom is 0.416 e. The lowest BCUT2D eigenvalue weighted by Gasteiger charge is -2.07. The highest BCUT2D eigenvalue weighted by Gasteiger charge is 2.30. The Hall–Kier alpha value is -2.92. The highest BCUT2D eigenvalue weighted by Crippen LogP contribution is 2.30. The molecule has 0 N–H and O–H groups in total. The quantitative estimate of drug-likeness (QED) is 0.411. The van der Waals surface area contributed by atoms with Gasteiger partial charge >= 0.3 is 6.18 Å². The van der Waals surface area contributed by atoms with Gasteiger partial charge in [-0.15, -0.1) is 20.4 Å². The Morgan fingerprint density at radius 2 is 1.50 bits per heavy atom. The van der Waals surface area contributed by atoms with Crippen molar-refractivity contribution in [1.29, 1.82) is 0 Å². The molecule has 0 aliphatic heterocycles. The molecule has 0 saturated carbocycles. The first-order chi connectivity index (χ1) is 14.1. The van der Waals surface area contributed by atoms with E-state index in [1.165, 1.54) is 24.3 Å². The van der Waals surface area contributed by atoms with Gasteiger partial charge in [0.15, 0.2) is 5.82 Å². The van der Waals surface area contributed by atoms with Crippen LogP contribution in [0.2, 0.25) is 0 Å². The number of benzene rings is 2. The lowest BCUT2D eigenvalue weighted by atomic mass is 10.1. The van der Waals surface area contributed by atoms with Crippen LogP contribution in [0.3, 0.4) is 0 Å². The number of nitrogens with zero attached hydrogens (tertiary/aromatic N) is 4. The molecule has 0 radical (unpaired) electrons. The second-order valence-electron chi connectivity index (χ2n) is 6.41. The predicted octanol–water partition coefficient (Wildman–Crippen LogP) is 3.60. The Balaban J connectivity index is 1.53. The Morgan fingerprint density at radius 1 is 0.900 bits per heavy atom. The Labute approximate surface area is 171 Å². The van der Waals surface area contributed by atoms with Crippen molar-refractivity contribution in [3.05, 3.63) is 65.5 Å². The molecular formula is C19H17F3N4O3S. The van der Waals surface area contributed by atoms with Gasteiger partial charge in [0, 0.05) is 12.0 Å². The molecular weight excluding hydrogens is 421 g/mol. The highest BCUT2D eigenvalue weighted by molar-refractivity contribution is 7.86. The zero-order chi connectivity index (χ0) is 21.8. The van der Waals surface area contributed by atoms with Crippen LogP contribution < -0.4 is 0 Å². The number of hydrogen-bond donors (Lipinski definition) is 0. The summed E-state index contributed by atoms with van der Waals surface area (Å²) in [6, 6.07) is 10.6. The maximum atomic E-state index is 12.6. The van der Waals surface area contributed by atoms with E-state index in [2.05, 4.69) is 20.4 Å². The van der Waals surface area contributed by atoms with Crippen LogP contribution in [-0.4, -0.2) is 35.4 Å². The number of halogens is 3. The van der Waals surface area contributed by atoms with Gasteiger partial charge in [-0.25, -0.2) is 0 Å². The van der Waals surface area contributed by atoms with Gasteiger partial charge in [-0.3, -0.25) is 4.18 Å². The van der Waals surface area contributed by atoms with E-state index in [0.29, 0.717) is 12.0 Å². The van der Waals surface area contributed by atoms with Gasteiger partial charge in [0.2, 0.25) is 5.82 Å². The van der Waals surface area contributed by atoms with E-state index in [0.717, 1.165) is 17.7 Å². The van der Waals surface area contributed by atoms with Crippen molar-refractivity contribution in [1.82, 2.24) is 20.4 Å². The fourth-order valence-corrected chi connectivity index (χ4v) is 3.39. The topological polar surface area (TPSA) is 94.9 Å². The average Bonchev–Trinajstić information content (AvgIpc) is 2.71. The van der Waals surface area contributed by atoms with Crippen molar-refractivity contribution in [3.8, 4) is 11.4 Å². The molecule has 3 aromatic rings. The number of aromatic nitrogens is 4. The molecule has 0 saturated heterocycles. The normalized spacial score (nSPS) is 12.1. The smallest absolute Gasteiger partial charge is 0.266 e. The van der Waals surface area contributed by atoms with E-state index in [1.54, 1.807) is 12.1 Å². The van der Waals surface area contributed by atoms with E-state index in [1.807, 2.05) is 6.92 Å². The van der Waals surface area contributed by atoms with Crippen molar-refractivity contribution in [2.45, 2.75) is 30.8 Å². The van der Waals surface area contributed by atoms with Gasteiger partial charge in [-0.05, 0) is 37.6 Å². The molecule has 2 aromatic carbocycles. The van der Waals surface area contributed by atoms with E-state index in [4.69, 9.17) is 4.18 Å². The fourth-order valence-electron chi connectivity index (χ4n) is 2.45. The molecule has 0 aliphatic rings. The molecule has 3 rings (SSSR count). The van der Waals surface area contributed by atoms with Gasteiger partial charge in [-0.2, -0.15) is 21.6 Å². The number of aryl methyl sites for hydroxylation is 2. The molecule has 0 aliphatic carbocycles. The first-order valence-corrected chi connectivity index (χ1v) is 10.3. The number of hydrogen-bond acceptors (Lipinski definition) is 7. The van der Waals surface area contributed by atoms with Crippen molar-refractivity contribution in [2.24, 2.45) is 0 Å². The first-order valence-electron chi connectivity index (χ1n) is 8.85. The summed E-state index contributed by atoms with van der Waals surface area (Å²) in [7, 11) is -3.84. The van der Waals surface area contributed by atoms with Gasteiger partial charge in [-0.1, -0.05) is 29.8 Å². The van der Waals surface area contributed by atoms with Gasteiger partial charge in [0.05, 0.1) is 17.1 Å². The molecule has 1 heterocycles. The van der Waals surface area contributed by atoms with Crippen LogP contribution in [0, 0.1) is 6.92 Å². The Kier molecular flexibility index (Phi) is 6.42. The van der Waals surface area contributed by atoms with Gasteiger partial charge in [0.1, 0.15) is 0 Å². The zero-order valence-electron chi connectivity index (χ0n) is 15.8. The standard InChI is InChI=1S/C19H17F3N4O3S/c1-13-4-10-16(11-5-13)30(27,28)29-12-2-3-17-23-25-18(26-24-17)14-6-8-15(9-7-14)19(20,21)22/h4-11H,2-3,12H2,1H3.